The van der Waals surface area contributed by atoms with E-state index in [1.807, 2.05) is 18.3 Å². The van der Waals surface area contributed by atoms with Gasteiger partial charge in [-0.1, -0.05) is 13.0 Å². The fourth-order valence-corrected chi connectivity index (χ4v) is 3.67. The molecule has 0 aromatic carbocycles. The highest BCUT2D eigenvalue weighted by atomic mass is 19.4. The molecule has 0 radical (unpaired) electrons. The molecule has 3 aromatic rings. The van der Waals surface area contributed by atoms with Gasteiger partial charge in [-0.25, -0.2) is 9.50 Å². The molecule has 0 unspecified atom stereocenters. The maximum atomic E-state index is 13.5. The van der Waals surface area contributed by atoms with E-state index in [1.54, 1.807) is 19.2 Å². The molecule has 1 aliphatic heterocycles. The van der Waals surface area contributed by atoms with Crippen LogP contribution in [0, 0.1) is 0 Å². The van der Waals surface area contributed by atoms with Gasteiger partial charge in [0.05, 0.1) is 11.7 Å². The molecule has 4 heterocycles. The monoisotopic (exact) mass is 375 g/mol. The first-order valence-electron chi connectivity index (χ1n) is 9.05. The first kappa shape index (κ1) is 17.9. The van der Waals surface area contributed by atoms with Crippen LogP contribution in [-0.2, 0) is 19.1 Å². The molecule has 5 nitrogen and oxygen atoms in total. The molecular formula is C19H20F3N5. The van der Waals surface area contributed by atoms with Gasteiger partial charge in [-0.2, -0.15) is 18.3 Å². The minimum atomic E-state index is -4.47. The van der Waals surface area contributed by atoms with E-state index in [2.05, 4.69) is 20.0 Å². The molecule has 0 aliphatic carbocycles. The molecule has 8 heteroatoms. The van der Waals surface area contributed by atoms with E-state index in [1.165, 1.54) is 0 Å². The van der Waals surface area contributed by atoms with Gasteiger partial charge in [-0.05, 0) is 43.5 Å². The lowest BCUT2D eigenvalue weighted by molar-refractivity contribution is -0.142. The molecule has 142 valence electrons. The van der Waals surface area contributed by atoms with E-state index < -0.39 is 11.9 Å². The number of likely N-dealkylation sites (tertiary alicyclic amines) is 1. The van der Waals surface area contributed by atoms with Crippen molar-refractivity contribution in [2.75, 3.05) is 6.54 Å². The number of alkyl halides is 3. The third-order valence-corrected chi connectivity index (χ3v) is 4.97. The van der Waals surface area contributed by atoms with Crippen LogP contribution in [0.1, 0.15) is 48.5 Å². The van der Waals surface area contributed by atoms with Crippen molar-refractivity contribution in [3.8, 4) is 0 Å². The minimum Gasteiger partial charge on any atom is -0.290 e. The number of nitrogens with zero attached hydrogens (tertiary/aromatic N) is 5. The summed E-state index contributed by atoms with van der Waals surface area (Å²) in [5, 5.41) is 4.31. The van der Waals surface area contributed by atoms with Crippen LogP contribution in [0.4, 0.5) is 13.2 Å². The molecule has 1 saturated heterocycles. The Morgan fingerprint density at radius 3 is 2.81 bits per heavy atom. The van der Waals surface area contributed by atoms with E-state index in [0.717, 1.165) is 35.5 Å². The van der Waals surface area contributed by atoms with Gasteiger partial charge in [0.1, 0.15) is 5.69 Å². The molecule has 0 amide bonds. The van der Waals surface area contributed by atoms with Crippen molar-refractivity contribution in [1.29, 1.82) is 0 Å². The Kier molecular flexibility index (Phi) is 4.59. The summed E-state index contributed by atoms with van der Waals surface area (Å²) < 4.78 is 41.4. The number of aryl methyl sites for hydroxylation is 1. The van der Waals surface area contributed by atoms with Crippen LogP contribution in [0.25, 0.3) is 5.65 Å². The van der Waals surface area contributed by atoms with Crippen molar-refractivity contribution < 1.29 is 13.2 Å². The third-order valence-electron chi connectivity index (χ3n) is 4.97. The standard InChI is InChI=1S/C19H20F3N5/c1-2-14-9-17(19(20,21)22)27-18(24-14)10-15(25-27)16-6-4-8-26(16)12-13-5-3-7-23-11-13/h3,5,7,9-11,16H,2,4,6,8,12H2,1H3/t16-/m0/s1. The van der Waals surface area contributed by atoms with Crippen LogP contribution in [0.5, 0.6) is 0 Å². The number of hydrogen-bond donors (Lipinski definition) is 0. The van der Waals surface area contributed by atoms with Crippen molar-refractivity contribution >= 4 is 5.65 Å². The number of rotatable bonds is 4. The second-order valence-electron chi connectivity index (χ2n) is 6.81. The van der Waals surface area contributed by atoms with E-state index in [4.69, 9.17) is 0 Å². The largest absolute Gasteiger partial charge is 0.433 e. The van der Waals surface area contributed by atoms with Crippen LogP contribution >= 0.6 is 0 Å². The predicted molar refractivity (Wildman–Crippen MR) is 94.0 cm³/mol. The van der Waals surface area contributed by atoms with Gasteiger partial charge in [0, 0.05) is 30.7 Å². The molecule has 0 N–H and O–H groups in total. The summed E-state index contributed by atoms with van der Waals surface area (Å²) in [4.78, 5) is 10.7. The lowest BCUT2D eigenvalue weighted by Crippen LogP contribution is -2.23. The lowest BCUT2D eigenvalue weighted by atomic mass is 10.1. The van der Waals surface area contributed by atoms with Crippen molar-refractivity contribution in [3.63, 3.8) is 0 Å². The van der Waals surface area contributed by atoms with Gasteiger partial charge < -0.3 is 0 Å². The molecule has 1 aliphatic rings. The normalized spacial score (nSPS) is 18.4. The molecule has 1 fully saturated rings. The van der Waals surface area contributed by atoms with Gasteiger partial charge >= 0.3 is 6.18 Å². The zero-order valence-corrected chi connectivity index (χ0v) is 14.9. The molecule has 0 saturated carbocycles. The zero-order chi connectivity index (χ0) is 19.0. The Labute approximate surface area is 154 Å². The second kappa shape index (κ2) is 6.92. The quantitative estimate of drug-likeness (QED) is 0.690. The van der Waals surface area contributed by atoms with Crippen molar-refractivity contribution in [2.24, 2.45) is 0 Å². The Balaban J connectivity index is 1.71. The maximum absolute atomic E-state index is 13.5. The average molecular weight is 375 g/mol. The van der Waals surface area contributed by atoms with E-state index >= 15 is 0 Å². The molecule has 27 heavy (non-hydrogen) atoms. The summed E-state index contributed by atoms with van der Waals surface area (Å²) in [5.74, 6) is 0. The Morgan fingerprint density at radius 1 is 1.26 bits per heavy atom. The van der Waals surface area contributed by atoms with E-state index in [-0.39, 0.29) is 11.7 Å². The van der Waals surface area contributed by atoms with E-state index in [9.17, 15) is 13.2 Å². The predicted octanol–water partition coefficient (Wildman–Crippen LogP) is 4.04. The smallest absolute Gasteiger partial charge is 0.290 e. The maximum Gasteiger partial charge on any atom is 0.433 e. The number of aromatic nitrogens is 4. The van der Waals surface area contributed by atoms with Crippen LogP contribution in [0.15, 0.2) is 36.7 Å². The van der Waals surface area contributed by atoms with Crippen molar-refractivity contribution in [2.45, 2.75) is 44.9 Å². The summed E-state index contributed by atoms with van der Waals surface area (Å²) >= 11 is 0. The van der Waals surface area contributed by atoms with Gasteiger partial charge in [0.15, 0.2) is 5.65 Å². The first-order chi connectivity index (χ1) is 13.0. The first-order valence-corrected chi connectivity index (χ1v) is 9.05. The number of fused-ring (bicyclic) bond motifs is 1. The van der Waals surface area contributed by atoms with Gasteiger partial charge in [0.25, 0.3) is 0 Å². The number of hydrogen-bond acceptors (Lipinski definition) is 4. The van der Waals surface area contributed by atoms with Crippen LogP contribution in [0.2, 0.25) is 0 Å². The summed E-state index contributed by atoms with van der Waals surface area (Å²) in [6.45, 7) is 3.38. The SMILES string of the molecule is CCc1cc(C(F)(F)F)n2nc([C@@H]3CCCN3Cc3cccnc3)cc2n1. The fourth-order valence-electron chi connectivity index (χ4n) is 3.67. The van der Waals surface area contributed by atoms with Crippen LogP contribution in [0.3, 0.4) is 0 Å². The molecule has 4 rings (SSSR count). The molecule has 0 bridgehead atoms. The van der Waals surface area contributed by atoms with Gasteiger partial charge in [-0.3, -0.25) is 9.88 Å². The van der Waals surface area contributed by atoms with Crippen LogP contribution in [-0.4, -0.2) is 31.0 Å². The van der Waals surface area contributed by atoms with Crippen LogP contribution < -0.4 is 0 Å². The molecular weight excluding hydrogens is 355 g/mol. The average Bonchev–Trinajstić information content (AvgIpc) is 3.26. The lowest BCUT2D eigenvalue weighted by Gasteiger charge is -2.22. The molecule has 0 spiro atoms. The molecule has 1 atom stereocenters. The Morgan fingerprint density at radius 2 is 2.11 bits per heavy atom. The summed E-state index contributed by atoms with van der Waals surface area (Å²) in [6, 6.07) is 6.66. The third kappa shape index (κ3) is 3.53. The summed E-state index contributed by atoms with van der Waals surface area (Å²) in [7, 11) is 0. The highest BCUT2D eigenvalue weighted by Crippen LogP contribution is 2.35. The number of pyridine rings is 1. The van der Waals surface area contributed by atoms with E-state index in [0.29, 0.717) is 24.4 Å². The Hall–Kier alpha value is -2.48. The topological polar surface area (TPSA) is 46.3 Å². The highest BCUT2D eigenvalue weighted by molar-refractivity contribution is 5.43. The summed E-state index contributed by atoms with van der Waals surface area (Å²) in [5.41, 5.74) is 1.62. The second-order valence-corrected chi connectivity index (χ2v) is 6.81. The minimum absolute atomic E-state index is 0.0157. The van der Waals surface area contributed by atoms with Crippen molar-refractivity contribution in [1.82, 2.24) is 24.5 Å². The van der Waals surface area contributed by atoms with Gasteiger partial charge in [-0.15, -0.1) is 0 Å². The zero-order valence-electron chi connectivity index (χ0n) is 14.9. The summed E-state index contributed by atoms with van der Waals surface area (Å²) in [6.07, 6.45) is 1.36. The Bertz CT molecular complexity index is 936. The van der Waals surface area contributed by atoms with Gasteiger partial charge in [0.2, 0.25) is 0 Å². The molecule has 3 aromatic heterocycles. The number of halogens is 3. The van der Waals surface area contributed by atoms with Crippen molar-refractivity contribution in [3.05, 3.63) is 59.3 Å². The highest BCUT2D eigenvalue weighted by Gasteiger charge is 2.36. The fraction of sp³-hybridized carbons (Fsp3) is 0.421.